The van der Waals surface area contributed by atoms with Crippen molar-refractivity contribution in [1.82, 2.24) is 5.32 Å². The molecular weight excluding hydrogens is 899 g/mol. The zero-order chi connectivity index (χ0) is 52.9. The summed E-state index contributed by atoms with van der Waals surface area (Å²) in [7, 11) is 0. The van der Waals surface area contributed by atoms with Gasteiger partial charge in [-0.2, -0.15) is 0 Å². The fourth-order valence-electron chi connectivity index (χ4n) is 10.4. The van der Waals surface area contributed by atoms with Crippen LogP contribution in [0.2, 0.25) is 0 Å². The smallest absolute Gasteiger partial charge is 0.305 e. The van der Waals surface area contributed by atoms with E-state index in [0.717, 1.165) is 44.9 Å². The van der Waals surface area contributed by atoms with Crippen molar-refractivity contribution in [1.29, 1.82) is 0 Å². The average molecular weight is 1030 g/mol. The van der Waals surface area contributed by atoms with Crippen molar-refractivity contribution in [3.05, 3.63) is 24.3 Å². The SMILES string of the molecule is CCCC/C=C\CCCCCCCC(=O)OCCCCCCCCCCCCCC/C=C\CCCCCCCCCCCCCCCCCCC(=O)NC(CO)C(O)CCCCCCCCCCCCCCC. The first-order chi connectivity index (χ1) is 36.0. The maximum absolute atomic E-state index is 12.5. The van der Waals surface area contributed by atoms with Gasteiger partial charge in [-0.05, 0) is 70.6 Å². The summed E-state index contributed by atoms with van der Waals surface area (Å²) in [5.41, 5.74) is 0. The van der Waals surface area contributed by atoms with E-state index in [-0.39, 0.29) is 18.5 Å². The van der Waals surface area contributed by atoms with Gasteiger partial charge in [-0.15, -0.1) is 0 Å². The van der Waals surface area contributed by atoms with Crippen molar-refractivity contribution in [2.75, 3.05) is 13.2 Å². The highest BCUT2D eigenvalue weighted by Crippen LogP contribution is 2.18. The van der Waals surface area contributed by atoms with Gasteiger partial charge in [0.25, 0.3) is 0 Å². The molecule has 2 unspecified atom stereocenters. The Balaban J connectivity index is 3.34. The van der Waals surface area contributed by atoms with Crippen LogP contribution in [0.4, 0.5) is 0 Å². The number of unbranched alkanes of at least 4 members (excludes halogenated alkanes) is 47. The second kappa shape index (κ2) is 62.9. The van der Waals surface area contributed by atoms with Crippen LogP contribution in [-0.4, -0.2) is 47.4 Å². The Morgan fingerprint density at radius 3 is 1.01 bits per heavy atom. The largest absolute Gasteiger partial charge is 0.466 e. The molecule has 6 heteroatoms. The number of aliphatic hydroxyl groups is 2. The molecule has 0 bridgehead atoms. The zero-order valence-corrected chi connectivity index (χ0v) is 49.4. The molecule has 1 amide bonds. The van der Waals surface area contributed by atoms with E-state index in [9.17, 15) is 19.8 Å². The molecular formula is C67H129NO5. The Kier molecular flexibility index (Phi) is 61.4. The van der Waals surface area contributed by atoms with Gasteiger partial charge in [0.1, 0.15) is 0 Å². The lowest BCUT2D eigenvalue weighted by Gasteiger charge is -2.22. The fourth-order valence-corrected chi connectivity index (χ4v) is 10.4. The first-order valence-electron chi connectivity index (χ1n) is 33.1. The first kappa shape index (κ1) is 71.3. The summed E-state index contributed by atoms with van der Waals surface area (Å²) < 4.78 is 5.46. The molecule has 2 atom stereocenters. The molecule has 0 aliphatic rings. The molecule has 73 heavy (non-hydrogen) atoms. The Labute approximate surface area is 456 Å². The molecule has 0 radical (unpaired) electrons. The minimum atomic E-state index is -0.661. The lowest BCUT2D eigenvalue weighted by molar-refractivity contribution is -0.143. The summed E-state index contributed by atoms with van der Waals surface area (Å²) in [6.45, 7) is 4.93. The second-order valence-electron chi connectivity index (χ2n) is 22.8. The molecule has 0 fully saturated rings. The standard InChI is InChI=1S/C67H129NO5/c1-3-5-7-9-11-13-15-36-40-43-47-51-55-59-65(70)64(63-69)68-66(71)60-56-52-48-44-41-37-34-32-30-28-26-24-22-20-18-16-17-19-21-23-25-27-29-31-33-35-38-42-46-50-54-58-62-73-67(72)61-57-53-49-45-39-14-12-10-8-6-4-2/h10,12,19,21,64-65,69-70H,3-9,11,13-18,20,22-63H2,1-2H3,(H,68,71)/b12-10-,21-19-. The predicted molar refractivity (Wildman–Crippen MR) is 320 cm³/mol. The number of carbonyl (C=O) groups excluding carboxylic acids is 2. The summed E-state index contributed by atoms with van der Waals surface area (Å²) in [4.78, 5) is 24.5. The average Bonchev–Trinajstić information content (AvgIpc) is 3.39. The second-order valence-corrected chi connectivity index (χ2v) is 22.8. The maximum atomic E-state index is 12.5. The van der Waals surface area contributed by atoms with Crippen LogP contribution in [0.5, 0.6) is 0 Å². The molecule has 0 heterocycles. The predicted octanol–water partition coefficient (Wildman–Crippen LogP) is 21.0. The van der Waals surface area contributed by atoms with Crippen molar-refractivity contribution in [2.24, 2.45) is 0 Å². The van der Waals surface area contributed by atoms with Crippen LogP contribution in [0.15, 0.2) is 24.3 Å². The van der Waals surface area contributed by atoms with Crippen LogP contribution in [0.25, 0.3) is 0 Å². The van der Waals surface area contributed by atoms with Gasteiger partial charge in [0.05, 0.1) is 25.4 Å². The highest BCUT2D eigenvalue weighted by atomic mass is 16.5. The topological polar surface area (TPSA) is 95.9 Å². The van der Waals surface area contributed by atoms with E-state index in [1.54, 1.807) is 0 Å². The van der Waals surface area contributed by atoms with Crippen LogP contribution in [0.3, 0.4) is 0 Å². The molecule has 432 valence electrons. The molecule has 0 aliphatic carbocycles. The molecule has 0 aromatic heterocycles. The first-order valence-corrected chi connectivity index (χ1v) is 33.1. The third-order valence-electron chi connectivity index (χ3n) is 15.5. The van der Waals surface area contributed by atoms with E-state index in [1.807, 2.05) is 0 Å². The summed E-state index contributed by atoms with van der Waals surface area (Å²) in [5.74, 6) is -0.0233. The Bertz CT molecular complexity index is 1140. The van der Waals surface area contributed by atoms with Crippen molar-refractivity contribution in [3.8, 4) is 0 Å². The summed E-state index contributed by atoms with van der Waals surface area (Å²) in [5, 5.41) is 23.3. The Hall–Kier alpha value is -1.66. The summed E-state index contributed by atoms with van der Waals surface area (Å²) in [6.07, 6.45) is 77.9. The lowest BCUT2D eigenvalue weighted by Crippen LogP contribution is -2.45. The highest BCUT2D eigenvalue weighted by molar-refractivity contribution is 5.76. The Morgan fingerprint density at radius 2 is 0.658 bits per heavy atom. The molecule has 0 rings (SSSR count). The van der Waals surface area contributed by atoms with Crippen molar-refractivity contribution >= 4 is 11.9 Å². The molecule has 3 N–H and O–H groups in total. The molecule has 0 spiro atoms. The van der Waals surface area contributed by atoms with Crippen LogP contribution in [0.1, 0.15) is 367 Å². The van der Waals surface area contributed by atoms with Gasteiger partial charge in [0.2, 0.25) is 5.91 Å². The quantitative estimate of drug-likeness (QED) is 0.0320. The van der Waals surface area contributed by atoms with Crippen molar-refractivity contribution < 1.29 is 24.5 Å². The molecule has 0 saturated carbocycles. The van der Waals surface area contributed by atoms with Crippen LogP contribution >= 0.6 is 0 Å². The third-order valence-corrected chi connectivity index (χ3v) is 15.5. The van der Waals surface area contributed by atoms with Crippen LogP contribution in [0, 0.1) is 0 Å². The minimum absolute atomic E-state index is 0.00731. The number of carbonyl (C=O) groups is 2. The van der Waals surface area contributed by atoms with Crippen LogP contribution in [-0.2, 0) is 14.3 Å². The molecule has 0 saturated heterocycles. The van der Waals surface area contributed by atoms with E-state index in [4.69, 9.17) is 4.74 Å². The van der Waals surface area contributed by atoms with Crippen molar-refractivity contribution in [3.63, 3.8) is 0 Å². The number of aliphatic hydroxyl groups excluding tert-OH is 2. The zero-order valence-electron chi connectivity index (χ0n) is 49.4. The van der Waals surface area contributed by atoms with Gasteiger partial charge >= 0.3 is 5.97 Å². The highest BCUT2D eigenvalue weighted by Gasteiger charge is 2.20. The fraction of sp³-hybridized carbons (Fsp3) is 0.910. The third kappa shape index (κ3) is 59.4. The van der Waals surface area contributed by atoms with Gasteiger partial charge in [-0.25, -0.2) is 0 Å². The minimum Gasteiger partial charge on any atom is -0.466 e. The molecule has 0 aliphatic heterocycles. The van der Waals surface area contributed by atoms with E-state index in [2.05, 4.69) is 43.5 Å². The molecule has 0 aromatic rings. The number of amides is 1. The summed E-state index contributed by atoms with van der Waals surface area (Å²) in [6, 6.07) is -0.538. The number of esters is 1. The number of allylic oxidation sites excluding steroid dienone is 4. The number of hydrogen-bond acceptors (Lipinski definition) is 5. The van der Waals surface area contributed by atoms with Gasteiger partial charge in [0, 0.05) is 12.8 Å². The maximum Gasteiger partial charge on any atom is 0.305 e. The van der Waals surface area contributed by atoms with Gasteiger partial charge in [0.15, 0.2) is 0 Å². The number of hydrogen-bond donors (Lipinski definition) is 3. The van der Waals surface area contributed by atoms with E-state index < -0.39 is 12.1 Å². The van der Waals surface area contributed by atoms with Crippen molar-refractivity contribution in [2.45, 2.75) is 379 Å². The van der Waals surface area contributed by atoms with E-state index in [0.29, 0.717) is 25.9 Å². The number of nitrogens with one attached hydrogen (secondary N) is 1. The lowest BCUT2D eigenvalue weighted by atomic mass is 10.0. The monoisotopic (exact) mass is 1030 g/mol. The normalized spacial score (nSPS) is 12.7. The molecule has 6 nitrogen and oxygen atoms in total. The number of ether oxygens (including phenoxy) is 1. The van der Waals surface area contributed by atoms with E-state index >= 15 is 0 Å². The van der Waals surface area contributed by atoms with Crippen LogP contribution < -0.4 is 5.32 Å². The van der Waals surface area contributed by atoms with E-state index in [1.165, 1.54) is 289 Å². The van der Waals surface area contributed by atoms with Gasteiger partial charge < -0.3 is 20.3 Å². The van der Waals surface area contributed by atoms with Gasteiger partial charge in [-0.1, -0.05) is 308 Å². The summed E-state index contributed by atoms with van der Waals surface area (Å²) >= 11 is 0. The Morgan fingerprint density at radius 1 is 0.370 bits per heavy atom. The van der Waals surface area contributed by atoms with Gasteiger partial charge in [-0.3, -0.25) is 9.59 Å². The molecule has 0 aromatic carbocycles. The number of rotatable bonds is 62.